The highest BCUT2D eigenvalue weighted by Gasteiger charge is 2.38. The molecule has 2 aromatic rings. The number of halogens is 2. The lowest BCUT2D eigenvalue weighted by molar-refractivity contribution is -0.146. The van der Waals surface area contributed by atoms with Gasteiger partial charge < -0.3 is 15.2 Å². The number of carbonyl (C=O) groups excluding carboxylic acids is 1. The number of allylic oxidation sites excluding steroid dienone is 1. The molecule has 1 saturated carbocycles. The van der Waals surface area contributed by atoms with Gasteiger partial charge in [-0.3, -0.25) is 9.79 Å². The van der Waals surface area contributed by atoms with Crippen LogP contribution in [0.4, 0.5) is 8.78 Å². The molecule has 4 rings (SSSR count). The van der Waals surface area contributed by atoms with Crippen molar-refractivity contribution in [3.8, 4) is 0 Å². The first-order chi connectivity index (χ1) is 15.8. The highest BCUT2D eigenvalue weighted by Crippen LogP contribution is 2.41. The fraction of sp³-hybridized carbons (Fsp3) is 0.391. The Morgan fingerprint density at radius 2 is 1.94 bits per heavy atom. The number of esters is 1. The van der Waals surface area contributed by atoms with Gasteiger partial charge in [0, 0.05) is 17.3 Å². The Morgan fingerprint density at radius 3 is 2.55 bits per heavy atom. The smallest absolute Gasteiger partial charge is 0.335 e. The molecule has 1 fully saturated rings. The number of aromatic nitrogens is 1. The van der Waals surface area contributed by atoms with E-state index in [1.165, 1.54) is 31.4 Å². The zero-order valence-electron chi connectivity index (χ0n) is 18.1. The Morgan fingerprint density at radius 1 is 1.21 bits per heavy atom. The van der Waals surface area contributed by atoms with Crippen LogP contribution in [0.1, 0.15) is 47.9 Å². The molecule has 1 aromatic carbocycles. The highest BCUT2D eigenvalue weighted by molar-refractivity contribution is 7.11. The van der Waals surface area contributed by atoms with Gasteiger partial charge in [-0.25, -0.2) is 18.6 Å². The van der Waals surface area contributed by atoms with E-state index in [9.17, 15) is 23.5 Å². The summed E-state index contributed by atoms with van der Waals surface area (Å²) in [4.78, 5) is 33.2. The van der Waals surface area contributed by atoms with E-state index < -0.39 is 23.6 Å². The Labute approximate surface area is 193 Å². The van der Waals surface area contributed by atoms with Gasteiger partial charge in [-0.15, -0.1) is 11.3 Å². The van der Waals surface area contributed by atoms with Gasteiger partial charge in [-0.1, -0.05) is 6.07 Å². The van der Waals surface area contributed by atoms with E-state index >= 15 is 0 Å². The van der Waals surface area contributed by atoms with Crippen LogP contribution in [0, 0.1) is 30.4 Å². The van der Waals surface area contributed by atoms with Crippen LogP contribution in [0.5, 0.6) is 0 Å². The highest BCUT2D eigenvalue weighted by atomic mass is 32.1. The maximum absolute atomic E-state index is 14.4. The average molecular weight is 476 g/mol. The number of aliphatic imine (C=N–C) groups is 1. The van der Waals surface area contributed by atoms with Crippen LogP contribution in [0.3, 0.4) is 0 Å². The number of thiazole rings is 1. The molecule has 1 aliphatic heterocycles. The standard InChI is InChI=1S/C23H23F2N3O4S/c1-11-14(7-8-15(24)17(11)25)19-16(22(29)30)18(27-20(28-19)21-26-9-10-33-21)12-3-5-13(6-4-12)23(31)32-2/h7-10,12-13,19H,3-6H2,1-2H3,(H,27,28)(H,29,30). The SMILES string of the molecule is COC(=O)C1CCC(C2=C(C(=O)O)C(c3ccc(F)c(F)c3C)N=C(c3nccs3)N2)CC1. The van der Waals surface area contributed by atoms with Crippen molar-refractivity contribution in [2.45, 2.75) is 38.6 Å². The number of nitrogens with one attached hydrogen (secondary N) is 1. The van der Waals surface area contributed by atoms with Crippen LogP contribution in [0.15, 0.2) is 40.0 Å². The number of hydrogen-bond donors (Lipinski definition) is 2. The number of carboxylic acids is 1. The summed E-state index contributed by atoms with van der Waals surface area (Å²) in [5.74, 6) is -3.50. The Hall–Kier alpha value is -3.14. The van der Waals surface area contributed by atoms with E-state index in [1.54, 1.807) is 11.6 Å². The molecule has 1 unspecified atom stereocenters. The Balaban J connectivity index is 1.79. The molecule has 1 aromatic heterocycles. The van der Waals surface area contributed by atoms with Gasteiger partial charge in [-0.2, -0.15) is 0 Å². The van der Waals surface area contributed by atoms with E-state index in [0.717, 1.165) is 6.07 Å². The molecule has 174 valence electrons. The van der Waals surface area contributed by atoms with Crippen molar-refractivity contribution in [2.75, 3.05) is 7.11 Å². The van der Waals surface area contributed by atoms with Crippen molar-refractivity contribution in [1.29, 1.82) is 0 Å². The number of nitrogens with zero attached hydrogens (tertiary/aromatic N) is 2. The third-order valence-corrected chi connectivity index (χ3v) is 7.07. The minimum Gasteiger partial charge on any atom is -0.478 e. The number of rotatable bonds is 5. The van der Waals surface area contributed by atoms with Gasteiger partial charge in [0.05, 0.1) is 18.6 Å². The van der Waals surface area contributed by atoms with Crippen LogP contribution in [-0.2, 0) is 14.3 Å². The number of hydrogen-bond acceptors (Lipinski definition) is 7. The van der Waals surface area contributed by atoms with Crippen LogP contribution >= 0.6 is 11.3 Å². The van der Waals surface area contributed by atoms with Gasteiger partial charge in [0.25, 0.3) is 0 Å². The topological polar surface area (TPSA) is 101 Å². The predicted molar refractivity (Wildman–Crippen MR) is 118 cm³/mol. The van der Waals surface area contributed by atoms with E-state index in [-0.39, 0.29) is 34.5 Å². The first kappa shape index (κ1) is 23.0. The third kappa shape index (κ3) is 4.39. The molecule has 0 amide bonds. The number of methoxy groups -OCH3 is 1. The molecule has 0 spiro atoms. The lowest BCUT2D eigenvalue weighted by Gasteiger charge is -2.34. The zero-order valence-corrected chi connectivity index (χ0v) is 18.9. The average Bonchev–Trinajstić information content (AvgIpc) is 3.36. The molecule has 1 atom stereocenters. The summed E-state index contributed by atoms with van der Waals surface area (Å²) in [5.41, 5.74) is 0.755. The zero-order chi connectivity index (χ0) is 23.7. The first-order valence-corrected chi connectivity index (χ1v) is 11.4. The van der Waals surface area contributed by atoms with Crippen molar-refractivity contribution >= 4 is 29.1 Å². The minimum absolute atomic E-state index is 0.00840. The van der Waals surface area contributed by atoms with E-state index in [1.807, 2.05) is 0 Å². The molecule has 10 heteroatoms. The van der Waals surface area contributed by atoms with Crippen LogP contribution in [-0.4, -0.2) is 35.0 Å². The van der Waals surface area contributed by atoms with Crippen molar-refractivity contribution in [3.63, 3.8) is 0 Å². The Bertz CT molecular complexity index is 1140. The molecular formula is C23H23F2N3O4S. The number of aliphatic carboxylic acids is 1. The molecule has 2 aliphatic rings. The van der Waals surface area contributed by atoms with E-state index in [2.05, 4.69) is 15.3 Å². The summed E-state index contributed by atoms with van der Waals surface area (Å²) >= 11 is 1.33. The van der Waals surface area contributed by atoms with Crippen molar-refractivity contribution in [1.82, 2.24) is 10.3 Å². The van der Waals surface area contributed by atoms with Crippen LogP contribution in [0.2, 0.25) is 0 Å². The van der Waals surface area contributed by atoms with Crippen LogP contribution < -0.4 is 5.32 Å². The molecule has 0 radical (unpaired) electrons. The quantitative estimate of drug-likeness (QED) is 0.631. The summed E-state index contributed by atoms with van der Waals surface area (Å²) in [5, 5.41) is 15.7. The molecular weight excluding hydrogens is 452 g/mol. The van der Waals surface area contributed by atoms with Crippen molar-refractivity contribution in [3.05, 3.63) is 62.7 Å². The lowest BCUT2D eigenvalue weighted by atomic mass is 9.77. The minimum atomic E-state index is -1.19. The number of ether oxygens (including phenoxy) is 1. The number of benzene rings is 1. The summed E-state index contributed by atoms with van der Waals surface area (Å²) < 4.78 is 33.0. The third-order valence-electron chi connectivity index (χ3n) is 6.29. The molecule has 2 heterocycles. The number of amidine groups is 1. The molecule has 1 aliphatic carbocycles. The largest absolute Gasteiger partial charge is 0.478 e. The number of carbonyl (C=O) groups is 2. The first-order valence-electron chi connectivity index (χ1n) is 10.6. The van der Waals surface area contributed by atoms with Crippen LogP contribution in [0.25, 0.3) is 0 Å². The molecule has 0 saturated heterocycles. The Kier molecular flexibility index (Phi) is 6.55. The van der Waals surface area contributed by atoms with Gasteiger partial charge in [0.1, 0.15) is 6.04 Å². The van der Waals surface area contributed by atoms with E-state index in [0.29, 0.717) is 42.2 Å². The summed E-state index contributed by atoms with van der Waals surface area (Å²) in [6.07, 6.45) is 3.89. The molecule has 33 heavy (non-hydrogen) atoms. The van der Waals surface area contributed by atoms with Crippen molar-refractivity contribution in [2.24, 2.45) is 16.8 Å². The molecule has 7 nitrogen and oxygen atoms in total. The maximum atomic E-state index is 14.4. The fourth-order valence-electron chi connectivity index (χ4n) is 4.54. The molecule has 0 bridgehead atoms. The fourth-order valence-corrected chi connectivity index (χ4v) is 5.13. The summed E-state index contributed by atoms with van der Waals surface area (Å²) in [6, 6.07) is 1.33. The van der Waals surface area contributed by atoms with Gasteiger partial charge in [-0.05, 0) is 55.7 Å². The lowest BCUT2D eigenvalue weighted by Crippen LogP contribution is -2.38. The second-order valence-corrected chi connectivity index (χ2v) is 9.02. The molecule has 2 N–H and O–H groups in total. The van der Waals surface area contributed by atoms with E-state index in [4.69, 9.17) is 4.74 Å². The van der Waals surface area contributed by atoms with Gasteiger partial charge >= 0.3 is 11.9 Å². The normalized spacial score (nSPS) is 23.0. The maximum Gasteiger partial charge on any atom is 0.335 e. The predicted octanol–water partition coefficient (Wildman–Crippen LogP) is 4.14. The monoisotopic (exact) mass is 475 g/mol. The second kappa shape index (κ2) is 9.38. The van der Waals surface area contributed by atoms with Gasteiger partial charge in [0.15, 0.2) is 22.5 Å². The summed E-state index contributed by atoms with van der Waals surface area (Å²) in [7, 11) is 1.35. The van der Waals surface area contributed by atoms with Crippen molar-refractivity contribution < 1.29 is 28.2 Å². The second-order valence-electron chi connectivity index (χ2n) is 8.12. The summed E-state index contributed by atoms with van der Waals surface area (Å²) in [6.45, 7) is 1.41. The van der Waals surface area contributed by atoms with Gasteiger partial charge in [0.2, 0.25) is 0 Å². The number of carboxylic acid groups (broad SMARTS) is 1.